The lowest BCUT2D eigenvalue weighted by Gasteiger charge is -2.48. The number of carbonyl (C=O) groups is 2. The van der Waals surface area contributed by atoms with E-state index in [0.29, 0.717) is 42.8 Å². The molecule has 0 spiro atoms. The van der Waals surface area contributed by atoms with Crippen LogP contribution >= 0.6 is 0 Å². The minimum absolute atomic E-state index is 0.125. The van der Waals surface area contributed by atoms with Gasteiger partial charge in [0.1, 0.15) is 17.7 Å². The first-order valence-electron chi connectivity index (χ1n) is 15.6. The van der Waals surface area contributed by atoms with Gasteiger partial charge in [0, 0.05) is 18.7 Å². The Labute approximate surface area is 277 Å². The molecule has 0 radical (unpaired) electrons. The van der Waals surface area contributed by atoms with Gasteiger partial charge < -0.3 is 34.8 Å². The van der Waals surface area contributed by atoms with Crippen molar-refractivity contribution < 1.29 is 52.3 Å². The van der Waals surface area contributed by atoms with Crippen molar-refractivity contribution in [2.75, 3.05) is 17.7 Å². The SMILES string of the molecule is CS(=O)(=O)NCCCc1ccc(N2C(=O)C(CC[C@H](O)c3ccc(F)cc3)[C@H]2c2ccc(O[C@@H]3C[C@H](O)[C@@H](O)[C@H](C(=O)O)O3)cc2)cc1. The Hall–Kier alpha value is -3.92. The van der Waals surface area contributed by atoms with Crippen LogP contribution in [0.25, 0.3) is 0 Å². The number of carboxylic acid groups (broad SMARTS) is 1. The zero-order valence-corrected chi connectivity index (χ0v) is 27.0. The van der Waals surface area contributed by atoms with E-state index >= 15 is 0 Å². The highest BCUT2D eigenvalue weighted by molar-refractivity contribution is 7.88. The second kappa shape index (κ2) is 15.1. The molecule has 12 nitrogen and oxygen atoms in total. The van der Waals surface area contributed by atoms with Gasteiger partial charge in [0.2, 0.25) is 22.2 Å². The Morgan fingerprint density at radius 3 is 2.35 bits per heavy atom. The molecular formula is C34H39FN2O10S. The first-order valence-corrected chi connectivity index (χ1v) is 17.5. The van der Waals surface area contributed by atoms with Gasteiger partial charge in [-0.1, -0.05) is 36.4 Å². The van der Waals surface area contributed by atoms with E-state index in [1.54, 1.807) is 29.2 Å². The molecule has 5 rings (SSSR count). The normalized spacial score (nSPS) is 24.9. The number of nitrogens with one attached hydrogen (secondary N) is 1. The van der Waals surface area contributed by atoms with Crippen LogP contribution in [0.2, 0.25) is 0 Å². The number of hydrogen-bond donors (Lipinski definition) is 5. The maximum absolute atomic E-state index is 13.6. The molecule has 0 saturated carbocycles. The quantitative estimate of drug-likeness (QED) is 0.125. The fourth-order valence-corrected chi connectivity index (χ4v) is 6.59. The van der Waals surface area contributed by atoms with Crippen molar-refractivity contribution in [3.05, 3.63) is 95.3 Å². The van der Waals surface area contributed by atoms with E-state index in [1.807, 2.05) is 24.3 Å². The number of aliphatic hydroxyl groups is 3. The third-order valence-corrected chi connectivity index (χ3v) is 9.34. The number of rotatable bonds is 14. The van der Waals surface area contributed by atoms with Gasteiger partial charge in [0.15, 0.2) is 6.10 Å². The van der Waals surface area contributed by atoms with Gasteiger partial charge in [0.05, 0.1) is 30.4 Å². The molecule has 0 bridgehead atoms. The van der Waals surface area contributed by atoms with Gasteiger partial charge in [-0.05, 0) is 78.8 Å². The summed E-state index contributed by atoms with van der Waals surface area (Å²) in [4.78, 5) is 26.7. The van der Waals surface area contributed by atoms with Crippen LogP contribution < -0.4 is 14.4 Å². The number of aliphatic hydroxyl groups excluding tert-OH is 3. The topological polar surface area (TPSA) is 183 Å². The van der Waals surface area contributed by atoms with Gasteiger partial charge in [-0.15, -0.1) is 0 Å². The number of amides is 1. The number of anilines is 1. The summed E-state index contributed by atoms with van der Waals surface area (Å²) < 4.78 is 49.6. The summed E-state index contributed by atoms with van der Waals surface area (Å²) in [6.45, 7) is 0.313. The Morgan fingerprint density at radius 2 is 1.73 bits per heavy atom. The van der Waals surface area contributed by atoms with Crippen LogP contribution in [0.15, 0.2) is 72.8 Å². The summed E-state index contributed by atoms with van der Waals surface area (Å²) in [5, 5.41) is 40.1. The summed E-state index contributed by atoms with van der Waals surface area (Å²) in [6.07, 6.45) is -3.74. The molecule has 258 valence electrons. The number of sulfonamides is 1. The fourth-order valence-electron chi connectivity index (χ4n) is 6.07. The molecule has 2 fully saturated rings. The van der Waals surface area contributed by atoms with Crippen molar-refractivity contribution in [1.82, 2.24) is 4.72 Å². The third-order valence-electron chi connectivity index (χ3n) is 8.61. The third kappa shape index (κ3) is 8.56. The lowest BCUT2D eigenvalue weighted by Crippen LogP contribution is -2.55. The molecule has 2 aliphatic heterocycles. The number of halogens is 1. The predicted octanol–water partition coefficient (Wildman–Crippen LogP) is 2.83. The average Bonchev–Trinajstić information content (AvgIpc) is 3.04. The number of benzene rings is 3. The van der Waals surface area contributed by atoms with E-state index in [4.69, 9.17) is 9.47 Å². The first kappa shape index (κ1) is 35.4. The second-order valence-electron chi connectivity index (χ2n) is 12.1. The summed E-state index contributed by atoms with van der Waals surface area (Å²) in [5.41, 5.74) is 2.98. The molecule has 14 heteroatoms. The number of β-lactam (4-membered cyclic amide) rings is 1. The van der Waals surface area contributed by atoms with Gasteiger partial charge in [0.25, 0.3) is 0 Å². The molecule has 0 aliphatic carbocycles. The number of nitrogens with zero attached hydrogens (tertiary/aromatic N) is 1. The smallest absolute Gasteiger partial charge is 0.335 e. The summed E-state index contributed by atoms with van der Waals surface area (Å²) in [5.74, 6) is -2.10. The maximum Gasteiger partial charge on any atom is 0.335 e. The number of aliphatic carboxylic acids is 1. The zero-order valence-electron chi connectivity index (χ0n) is 26.2. The van der Waals surface area contributed by atoms with Crippen LogP contribution in [0.3, 0.4) is 0 Å². The van der Waals surface area contributed by atoms with Gasteiger partial charge in [-0.2, -0.15) is 0 Å². The van der Waals surface area contributed by atoms with E-state index < -0.39 is 64.5 Å². The van der Waals surface area contributed by atoms with Gasteiger partial charge in [-0.3, -0.25) is 4.79 Å². The highest BCUT2D eigenvalue weighted by Crippen LogP contribution is 2.46. The number of aryl methyl sites for hydroxylation is 1. The molecule has 2 heterocycles. The van der Waals surface area contributed by atoms with E-state index in [0.717, 1.165) is 17.4 Å². The summed E-state index contributed by atoms with van der Waals surface area (Å²) in [7, 11) is -3.26. The van der Waals surface area contributed by atoms with E-state index in [2.05, 4.69) is 4.72 Å². The van der Waals surface area contributed by atoms with Crippen LogP contribution in [0.4, 0.5) is 10.1 Å². The lowest BCUT2D eigenvalue weighted by atomic mass is 9.78. The molecule has 48 heavy (non-hydrogen) atoms. The molecule has 2 aliphatic rings. The molecule has 7 atom stereocenters. The number of carboxylic acids is 1. The Balaban J connectivity index is 1.31. The fraction of sp³-hybridized carbons (Fsp3) is 0.412. The molecule has 2 saturated heterocycles. The number of ether oxygens (including phenoxy) is 2. The molecular weight excluding hydrogens is 647 g/mol. The van der Waals surface area contributed by atoms with Crippen molar-refractivity contribution >= 4 is 27.6 Å². The van der Waals surface area contributed by atoms with Gasteiger partial charge >= 0.3 is 5.97 Å². The largest absolute Gasteiger partial charge is 0.479 e. The summed E-state index contributed by atoms with van der Waals surface area (Å²) in [6, 6.07) is 19.5. The van der Waals surface area contributed by atoms with Crippen LogP contribution in [-0.2, 0) is 30.8 Å². The van der Waals surface area contributed by atoms with Crippen LogP contribution in [0.5, 0.6) is 5.75 Å². The Morgan fingerprint density at radius 1 is 1.06 bits per heavy atom. The van der Waals surface area contributed by atoms with E-state index in [-0.39, 0.29) is 18.7 Å². The van der Waals surface area contributed by atoms with Crippen LogP contribution in [0, 0.1) is 11.7 Å². The Bertz CT molecular complexity index is 1670. The minimum atomic E-state index is -3.26. The lowest BCUT2D eigenvalue weighted by molar-refractivity contribution is -0.228. The molecule has 0 aromatic heterocycles. The predicted molar refractivity (Wildman–Crippen MR) is 172 cm³/mol. The first-order chi connectivity index (χ1) is 22.8. The van der Waals surface area contributed by atoms with Crippen molar-refractivity contribution in [2.45, 2.75) is 68.9 Å². The van der Waals surface area contributed by atoms with Crippen molar-refractivity contribution in [3.63, 3.8) is 0 Å². The van der Waals surface area contributed by atoms with Crippen LogP contribution in [-0.4, -0.2) is 78.1 Å². The molecule has 3 aromatic rings. The van der Waals surface area contributed by atoms with Crippen molar-refractivity contribution in [3.8, 4) is 5.75 Å². The molecule has 1 unspecified atom stereocenters. The number of hydrogen-bond acceptors (Lipinski definition) is 9. The van der Waals surface area contributed by atoms with Gasteiger partial charge in [-0.25, -0.2) is 22.3 Å². The molecule has 3 aromatic carbocycles. The maximum atomic E-state index is 13.6. The van der Waals surface area contributed by atoms with E-state index in [1.165, 1.54) is 24.3 Å². The Kier molecular flexibility index (Phi) is 11.1. The van der Waals surface area contributed by atoms with Crippen LogP contribution in [0.1, 0.15) is 54.5 Å². The summed E-state index contributed by atoms with van der Waals surface area (Å²) >= 11 is 0. The average molecular weight is 687 g/mol. The van der Waals surface area contributed by atoms with Crippen molar-refractivity contribution in [1.29, 1.82) is 0 Å². The highest BCUT2D eigenvalue weighted by atomic mass is 32.2. The molecule has 5 N–H and O–H groups in total. The monoisotopic (exact) mass is 686 g/mol. The zero-order chi connectivity index (χ0) is 34.6. The second-order valence-corrected chi connectivity index (χ2v) is 14.0. The number of carbonyl (C=O) groups excluding carboxylic acids is 1. The standard InChI is InChI=1S/C34H39FN2O10S/c1-48(44,45)36-18-2-3-20-4-12-24(13-5-20)37-30(26(33(37)41)16-17-27(38)21-6-10-23(35)11-7-21)22-8-14-25(15-9-22)46-29-19-28(39)31(40)32(47-29)34(42)43/h4-15,26-32,36,38-40H,2-3,16-19H2,1H3,(H,42,43)/t26?,27-,28-,29-,30+,31+,32+/m0/s1. The minimum Gasteiger partial charge on any atom is -0.479 e. The van der Waals surface area contributed by atoms with E-state index in [9.17, 15) is 42.8 Å². The van der Waals surface area contributed by atoms with Crippen molar-refractivity contribution in [2.24, 2.45) is 5.92 Å². The highest BCUT2D eigenvalue weighted by Gasteiger charge is 2.48. The molecule has 1 amide bonds.